The Morgan fingerprint density at radius 3 is 2.81 bits per heavy atom. The molecule has 1 amide bonds. The zero-order valence-corrected chi connectivity index (χ0v) is 16.8. The van der Waals surface area contributed by atoms with Crippen molar-refractivity contribution in [3.8, 4) is 0 Å². The molecule has 0 radical (unpaired) electrons. The first-order valence-corrected chi connectivity index (χ1v) is 10.8. The van der Waals surface area contributed by atoms with Crippen LogP contribution in [0.15, 0.2) is 46.7 Å². The van der Waals surface area contributed by atoms with Crippen LogP contribution < -0.4 is 10.6 Å². The van der Waals surface area contributed by atoms with E-state index in [0.29, 0.717) is 13.2 Å². The number of hydrogen-bond acceptors (Lipinski definition) is 5. The van der Waals surface area contributed by atoms with Crippen molar-refractivity contribution < 1.29 is 9.53 Å². The SMILES string of the molecule is COCC1(CNC(=O)c2ccccc2SCc2cccs2)CCNCC1. The van der Waals surface area contributed by atoms with E-state index >= 15 is 0 Å². The molecule has 2 heterocycles. The third-order valence-corrected chi connectivity index (χ3v) is 7.00. The van der Waals surface area contributed by atoms with E-state index in [4.69, 9.17) is 4.74 Å². The molecule has 0 unspecified atom stereocenters. The molecule has 2 aromatic rings. The van der Waals surface area contributed by atoms with Crippen LogP contribution >= 0.6 is 23.1 Å². The Labute approximate surface area is 163 Å². The summed E-state index contributed by atoms with van der Waals surface area (Å²) in [7, 11) is 1.74. The lowest BCUT2D eigenvalue weighted by atomic mass is 9.79. The molecule has 1 aromatic carbocycles. The van der Waals surface area contributed by atoms with Crippen LogP contribution in [-0.2, 0) is 10.5 Å². The molecule has 0 spiro atoms. The maximum Gasteiger partial charge on any atom is 0.252 e. The van der Waals surface area contributed by atoms with Gasteiger partial charge in [-0.25, -0.2) is 0 Å². The number of thioether (sulfide) groups is 1. The van der Waals surface area contributed by atoms with Gasteiger partial charge in [0.05, 0.1) is 12.2 Å². The highest BCUT2D eigenvalue weighted by molar-refractivity contribution is 7.98. The fourth-order valence-corrected chi connectivity index (χ4v) is 5.15. The highest BCUT2D eigenvalue weighted by Gasteiger charge is 2.32. The van der Waals surface area contributed by atoms with Gasteiger partial charge in [-0.15, -0.1) is 23.1 Å². The average Bonchev–Trinajstić information content (AvgIpc) is 3.19. The van der Waals surface area contributed by atoms with Gasteiger partial charge in [0.25, 0.3) is 5.91 Å². The maximum atomic E-state index is 12.8. The number of amides is 1. The third kappa shape index (κ3) is 5.10. The van der Waals surface area contributed by atoms with Crippen LogP contribution in [0.1, 0.15) is 28.1 Å². The lowest BCUT2D eigenvalue weighted by molar-refractivity contribution is 0.0511. The number of rotatable bonds is 8. The molecule has 1 aliphatic heterocycles. The van der Waals surface area contributed by atoms with Gasteiger partial charge in [-0.2, -0.15) is 0 Å². The number of ether oxygens (including phenoxy) is 1. The molecule has 26 heavy (non-hydrogen) atoms. The summed E-state index contributed by atoms with van der Waals surface area (Å²) in [5.41, 5.74) is 0.796. The summed E-state index contributed by atoms with van der Waals surface area (Å²) in [4.78, 5) is 15.2. The lowest BCUT2D eigenvalue weighted by Crippen LogP contribution is -2.47. The van der Waals surface area contributed by atoms with Crippen molar-refractivity contribution >= 4 is 29.0 Å². The van der Waals surface area contributed by atoms with Gasteiger partial charge in [-0.05, 0) is 49.5 Å². The zero-order valence-electron chi connectivity index (χ0n) is 15.1. The number of thiophene rings is 1. The van der Waals surface area contributed by atoms with Crippen LogP contribution in [0.25, 0.3) is 0 Å². The van der Waals surface area contributed by atoms with E-state index in [-0.39, 0.29) is 11.3 Å². The second-order valence-corrected chi connectivity index (χ2v) is 8.78. The quantitative estimate of drug-likeness (QED) is 0.674. The van der Waals surface area contributed by atoms with Gasteiger partial charge in [-0.3, -0.25) is 4.79 Å². The molecule has 0 saturated carbocycles. The molecule has 1 aliphatic rings. The van der Waals surface area contributed by atoms with E-state index in [1.54, 1.807) is 30.2 Å². The standard InChI is InChI=1S/C20H26N2O2S2/c1-24-15-20(8-10-21-11-9-20)14-22-19(23)17-6-2-3-7-18(17)26-13-16-5-4-12-25-16/h2-7,12,21H,8-11,13-15H2,1H3,(H,22,23). The number of benzene rings is 1. The summed E-state index contributed by atoms with van der Waals surface area (Å²) in [6, 6.07) is 12.1. The summed E-state index contributed by atoms with van der Waals surface area (Å²) in [6.45, 7) is 3.30. The van der Waals surface area contributed by atoms with E-state index in [9.17, 15) is 4.79 Å². The van der Waals surface area contributed by atoms with Crippen molar-refractivity contribution in [2.75, 3.05) is 33.4 Å². The first-order valence-electron chi connectivity index (χ1n) is 8.94. The fraction of sp³-hybridized carbons (Fsp3) is 0.450. The molecule has 6 heteroatoms. The van der Waals surface area contributed by atoms with Crippen molar-refractivity contribution in [3.05, 3.63) is 52.2 Å². The molecule has 0 bridgehead atoms. The summed E-state index contributed by atoms with van der Waals surface area (Å²) in [5.74, 6) is 0.898. The van der Waals surface area contributed by atoms with E-state index in [1.165, 1.54) is 4.88 Å². The molecule has 1 aromatic heterocycles. The summed E-state index contributed by atoms with van der Waals surface area (Å²) < 4.78 is 5.44. The number of nitrogens with one attached hydrogen (secondary N) is 2. The smallest absolute Gasteiger partial charge is 0.252 e. The number of carbonyl (C=O) groups is 1. The van der Waals surface area contributed by atoms with Gasteiger partial charge in [-0.1, -0.05) is 18.2 Å². The van der Waals surface area contributed by atoms with E-state index in [2.05, 4.69) is 28.1 Å². The highest BCUT2D eigenvalue weighted by atomic mass is 32.2. The van der Waals surface area contributed by atoms with Crippen LogP contribution in [0.5, 0.6) is 0 Å². The molecule has 2 N–H and O–H groups in total. The molecule has 3 rings (SSSR count). The summed E-state index contributed by atoms with van der Waals surface area (Å²) in [5, 5.41) is 8.64. The maximum absolute atomic E-state index is 12.8. The molecular weight excluding hydrogens is 364 g/mol. The average molecular weight is 391 g/mol. The number of carbonyl (C=O) groups excluding carboxylic acids is 1. The van der Waals surface area contributed by atoms with Crippen LogP contribution in [0.3, 0.4) is 0 Å². The van der Waals surface area contributed by atoms with Gasteiger partial charge >= 0.3 is 0 Å². The lowest BCUT2D eigenvalue weighted by Gasteiger charge is -2.37. The zero-order chi connectivity index (χ0) is 18.2. The first kappa shape index (κ1) is 19.4. The van der Waals surface area contributed by atoms with Crippen LogP contribution in [0.4, 0.5) is 0 Å². The summed E-state index contributed by atoms with van der Waals surface area (Å²) in [6.07, 6.45) is 2.05. The number of hydrogen-bond donors (Lipinski definition) is 2. The predicted molar refractivity (Wildman–Crippen MR) is 109 cm³/mol. The van der Waals surface area contributed by atoms with E-state index < -0.39 is 0 Å². The number of piperidine rings is 1. The van der Waals surface area contributed by atoms with E-state index in [1.807, 2.05) is 24.3 Å². The van der Waals surface area contributed by atoms with Gasteiger partial charge in [0.2, 0.25) is 0 Å². The molecule has 0 aliphatic carbocycles. The van der Waals surface area contributed by atoms with Gasteiger partial charge in [0.15, 0.2) is 0 Å². The predicted octanol–water partition coefficient (Wildman–Crippen LogP) is 3.79. The minimum absolute atomic E-state index is 0.00768. The van der Waals surface area contributed by atoms with Crippen molar-refractivity contribution in [2.45, 2.75) is 23.5 Å². The number of methoxy groups -OCH3 is 1. The topological polar surface area (TPSA) is 50.4 Å². The Balaban J connectivity index is 1.63. The van der Waals surface area contributed by atoms with Gasteiger partial charge < -0.3 is 15.4 Å². The van der Waals surface area contributed by atoms with Crippen LogP contribution in [0.2, 0.25) is 0 Å². The van der Waals surface area contributed by atoms with Crippen molar-refractivity contribution in [1.82, 2.24) is 10.6 Å². The third-order valence-electron chi connectivity index (χ3n) is 4.82. The Bertz CT molecular complexity index is 692. The van der Waals surface area contributed by atoms with Crippen molar-refractivity contribution in [2.24, 2.45) is 5.41 Å². The van der Waals surface area contributed by atoms with Crippen LogP contribution in [-0.4, -0.2) is 39.3 Å². The monoisotopic (exact) mass is 390 g/mol. The first-order chi connectivity index (χ1) is 12.7. The molecular formula is C20H26N2O2S2. The normalized spacial score (nSPS) is 16.3. The highest BCUT2D eigenvalue weighted by Crippen LogP contribution is 2.30. The molecule has 1 saturated heterocycles. The van der Waals surface area contributed by atoms with Gasteiger partial charge in [0.1, 0.15) is 0 Å². The summed E-state index contributed by atoms with van der Waals surface area (Å²) >= 11 is 3.47. The Hall–Kier alpha value is -1.34. The second kappa shape index (κ2) is 9.55. The van der Waals surface area contributed by atoms with Crippen molar-refractivity contribution in [3.63, 3.8) is 0 Å². The largest absolute Gasteiger partial charge is 0.384 e. The van der Waals surface area contributed by atoms with E-state index in [0.717, 1.165) is 42.1 Å². The minimum atomic E-state index is 0.00768. The Morgan fingerprint density at radius 2 is 2.08 bits per heavy atom. The fourth-order valence-electron chi connectivity index (χ4n) is 3.32. The molecule has 0 atom stereocenters. The van der Waals surface area contributed by atoms with Crippen LogP contribution in [0, 0.1) is 5.41 Å². The van der Waals surface area contributed by atoms with Gasteiger partial charge in [0, 0.05) is 34.6 Å². The second-order valence-electron chi connectivity index (χ2n) is 6.73. The van der Waals surface area contributed by atoms with Crippen molar-refractivity contribution in [1.29, 1.82) is 0 Å². The molecule has 140 valence electrons. The minimum Gasteiger partial charge on any atom is -0.384 e. The molecule has 4 nitrogen and oxygen atoms in total. The Morgan fingerprint density at radius 1 is 1.27 bits per heavy atom. The Kier molecular flexibility index (Phi) is 7.14. The molecule has 1 fully saturated rings.